The van der Waals surface area contributed by atoms with Crippen LogP contribution >= 0.6 is 0 Å². The van der Waals surface area contributed by atoms with Crippen LogP contribution in [0.25, 0.3) is 11.0 Å². The van der Waals surface area contributed by atoms with Crippen molar-refractivity contribution in [2.24, 2.45) is 0 Å². The first-order valence-electron chi connectivity index (χ1n) is 7.80. The Labute approximate surface area is 147 Å². The number of alkyl halides is 3. The SMILES string of the molecule is COc1cccc(CNC(=O)Cn2c(C(F)(F)F)nc3ccccc32)c1. The summed E-state index contributed by atoms with van der Waals surface area (Å²) < 4.78 is 45.7. The third-order valence-corrected chi connectivity index (χ3v) is 3.83. The van der Waals surface area contributed by atoms with E-state index < -0.39 is 24.5 Å². The Morgan fingerprint density at radius 2 is 1.96 bits per heavy atom. The lowest BCUT2D eigenvalue weighted by Gasteiger charge is -2.12. The number of nitrogens with zero attached hydrogens (tertiary/aromatic N) is 2. The molecule has 0 unspecified atom stereocenters. The van der Waals surface area contributed by atoms with Gasteiger partial charge in [-0.2, -0.15) is 13.2 Å². The van der Waals surface area contributed by atoms with E-state index in [-0.39, 0.29) is 17.6 Å². The van der Waals surface area contributed by atoms with Crippen molar-refractivity contribution in [3.63, 3.8) is 0 Å². The van der Waals surface area contributed by atoms with Gasteiger partial charge in [0.15, 0.2) is 0 Å². The number of ether oxygens (including phenoxy) is 1. The summed E-state index contributed by atoms with van der Waals surface area (Å²) in [6, 6.07) is 13.3. The fourth-order valence-electron chi connectivity index (χ4n) is 2.63. The highest BCUT2D eigenvalue weighted by atomic mass is 19.4. The number of methoxy groups -OCH3 is 1. The fraction of sp³-hybridized carbons (Fsp3) is 0.222. The lowest BCUT2D eigenvalue weighted by atomic mass is 10.2. The van der Waals surface area contributed by atoms with Gasteiger partial charge in [-0.3, -0.25) is 4.79 Å². The van der Waals surface area contributed by atoms with Gasteiger partial charge in [-0.25, -0.2) is 4.98 Å². The van der Waals surface area contributed by atoms with E-state index in [4.69, 9.17) is 4.74 Å². The lowest BCUT2D eigenvalue weighted by Crippen LogP contribution is -2.29. The summed E-state index contributed by atoms with van der Waals surface area (Å²) in [5.41, 5.74) is 1.24. The largest absolute Gasteiger partial charge is 0.497 e. The molecule has 3 aromatic rings. The Bertz CT molecular complexity index is 935. The molecule has 8 heteroatoms. The molecule has 0 fully saturated rings. The quantitative estimate of drug-likeness (QED) is 0.756. The van der Waals surface area contributed by atoms with Crippen LogP contribution in [0.2, 0.25) is 0 Å². The second-order valence-electron chi connectivity index (χ2n) is 5.64. The van der Waals surface area contributed by atoms with Crippen LogP contribution in [0.1, 0.15) is 11.4 Å². The summed E-state index contributed by atoms with van der Waals surface area (Å²) in [5, 5.41) is 2.62. The molecule has 0 radical (unpaired) electrons. The minimum atomic E-state index is -4.65. The number of benzene rings is 2. The zero-order valence-electron chi connectivity index (χ0n) is 13.9. The molecule has 0 bridgehead atoms. The Morgan fingerprint density at radius 3 is 2.69 bits per heavy atom. The average Bonchev–Trinajstić information content (AvgIpc) is 2.99. The summed E-state index contributed by atoms with van der Waals surface area (Å²) in [4.78, 5) is 15.8. The van der Waals surface area contributed by atoms with E-state index in [9.17, 15) is 18.0 Å². The van der Waals surface area contributed by atoms with Crippen molar-refractivity contribution >= 4 is 16.9 Å². The Morgan fingerprint density at radius 1 is 1.19 bits per heavy atom. The number of rotatable bonds is 5. The number of carbonyl (C=O) groups is 1. The van der Waals surface area contributed by atoms with Gasteiger partial charge in [-0.05, 0) is 29.8 Å². The number of amides is 1. The van der Waals surface area contributed by atoms with Crippen LogP contribution in [0.4, 0.5) is 13.2 Å². The molecule has 3 rings (SSSR count). The molecule has 2 aromatic carbocycles. The van der Waals surface area contributed by atoms with Gasteiger partial charge in [0.1, 0.15) is 12.3 Å². The van der Waals surface area contributed by atoms with Crippen LogP contribution in [-0.4, -0.2) is 22.6 Å². The predicted octanol–water partition coefficient (Wildman–Crippen LogP) is 3.38. The van der Waals surface area contributed by atoms with Crippen LogP contribution in [0.3, 0.4) is 0 Å². The van der Waals surface area contributed by atoms with Crippen LogP contribution in [-0.2, 0) is 24.1 Å². The first-order valence-corrected chi connectivity index (χ1v) is 7.80. The zero-order chi connectivity index (χ0) is 18.7. The molecule has 0 aliphatic heterocycles. The van der Waals surface area contributed by atoms with Crippen molar-refractivity contribution in [1.29, 1.82) is 0 Å². The highest BCUT2D eigenvalue weighted by molar-refractivity contribution is 5.81. The van der Waals surface area contributed by atoms with E-state index in [1.807, 2.05) is 0 Å². The number of nitrogens with one attached hydrogen (secondary N) is 1. The maximum Gasteiger partial charge on any atom is 0.449 e. The smallest absolute Gasteiger partial charge is 0.449 e. The van der Waals surface area contributed by atoms with Gasteiger partial charge in [0.2, 0.25) is 11.7 Å². The molecular weight excluding hydrogens is 347 g/mol. The number of fused-ring (bicyclic) bond motifs is 1. The van der Waals surface area contributed by atoms with Crippen molar-refractivity contribution in [2.45, 2.75) is 19.3 Å². The lowest BCUT2D eigenvalue weighted by molar-refractivity contribution is -0.147. The van der Waals surface area contributed by atoms with E-state index in [1.54, 1.807) is 36.4 Å². The highest BCUT2D eigenvalue weighted by Crippen LogP contribution is 2.31. The van der Waals surface area contributed by atoms with Gasteiger partial charge in [-0.15, -0.1) is 0 Å². The monoisotopic (exact) mass is 363 g/mol. The predicted molar refractivity (Wildman–Crippen MR) is 89.6 cm³/mol. The van der Waals surface area contributed by atoms with Crippen molar-refractivity contribution in [2.75, 3.05) is 7.11 Å². The van der Waals surface area contributed by atoms with Crippen LogP contribution in [0.15, 0.2) is 48.5 Å². The minimum Gasteiger partial charge on any atom is -0.497 e. The third kappa shape index (κ3) is 3.79. The molecule has 0 saturated heterocycles. The normalized spacial score (nSPS) is 11.5. The summed E-state index contributed by atoms with van der Waals surface area (Å²) in [6.07, 6.45) is -4.65. The molecule has 0 saturated carbocycles. The van der Waals surface area contributed by atoms with E-state index in [0.29, 0.717) is 5.75 Å². The molecule has 136 valence electrons. The second kappa shape index (κ2) is 7.07. The molecule has 1 N–H and O–H groups in total. The molecule has 0 spiro atoms. The third-order valence-electron chi connectivity index (χ3n) is 3.83. The molecular formula is C18H16F3N3O2. The van der Waals surface area contributed by atoms with E-state index >= 15 is 0 Å². The average molecular weight is 363 g/mol. The first-order chi connectivity index (χ1) is 12.4. The minimum absolute atomic E-state index is 0.185. The number of hydrogen-bond acceptors (Lipinski definition) is 3. The van der Waals surface area contributed by atoms with Gasteiger partial charge in [0, 0.05) is 6.54 Å². The Kier molecular flexibility index (Phi) is 4.83. The standard InChI is InChI=1S/C18H16F3N3O2/c1-26-13-6-4-5-12(9-13)10-22-16(25)11-24-15-8-3-2-7-14(15)23-17(24)18(19,20)21/h2-9H,10-11H2,1H3,(H,22,25). The summed E-state index contributed by atoms with van der Waals surface area (Å²) in [6.45, 7) is -0.288. The molecule has 1 amide bonds. The maximum atomic E-state index is 13.2. The number of para-hydroxylation sites is 2. The van der Waals surface area contributed by atoms with Crippen molar-refractivity contribution < 1.29 is 22.7 Å². The van der Waals surface area contributed by atoms with Crippen molar-refractivity contribution in [3.8, 4) is 5.75 Å². The van der Waals surface area contributed by atoms with E-state index in [0.717, 1.165) is 10.1 Å². The molecule has 1 heterocycles. The molecule has 5 nitrogen and oxygen atoms in total. The molecule has 1 aromatic heterocycles. The Balaban J connectivity index is 1.78. The summed E-state index contributed by atoms with van der Waals surface area (Å²) in [5.74, 6) is -0.992. The zero-order valence-corrected chi connectivity index (χ0v) is 13.9. The van der Waals surface area contributed by atoms with Gasteiger partial charge in [0.05, 0.1) is 18.1 Å². The van der Waals surface area contributed by atoms with Gasteiger partial charge in [0.25, 0.3) is 0 Å². The van der Waals surface area contributed by atoms with Gasteiger partial charge in [-0.1, -0.05) is 24.3 Å². The second-order valence-corrected chi connectivity index (χ2v) is 5.64. The van der Waals surface area contributed by atoms with Crippen LogP contribution < -0.4 is 10.1 Å². The number of hydrogen-bond donors (Lipinski definition) is 1. The fourth-order valence-corrected chi connectivity index (χ4v) is 2.63. The van der Waals surface area contributed by atoms with Crippen LogP contribution in [0.5, 0.6) is 5.75 Å². The topological polar surface area (TPSA) is 56.1 Å². The highest BCUT2D eigenvalue weighted by Gasteiger charge is 2.37. The molecule has 26 heavy (non-hydrogen) atoms. The maximum absolute atomic E-state index is 13.2. The molecule has 0 aliphatic rings. The molecule has 0 atom stereocenters. The number of halogens is 3. The van der Waals surface area contributed by atoms with E-state index in [2.05, 4.69) is 10.3 Å². The van der Waals surface area contributed by atoms with Crippen molar-refractivity contribution in [1.82, 2.24) is 14.9 Å². The number of aromatic nitrogens is 2. The number of imidazole rings is 1. The molecule has 0 aliphatic carbocycles. The van der Waals surface area contributed by atoms with E-state index in [1.165, 1.54) is 19.2 Å². The Hall–Kier alpha value is -3.03. The van der Waals surface area contributed by atoms with Gasteiger partial charge >= 0.3 is 6.18 Å². The summed E-state index contributed by atoms with van der Waals surface area (Å²) in [7, 11) is 1.53. The summed E-state index contributed by atoms with van der Waals surface area (Å²) >= 11 is 0. The first kappa shape index (κ1) is 17.8. The number of carbonyl (C=O) groups excluding carboxylic acids is 1. The van der Waals surface area contributed by atoms with Crippen LogP contribution in [0, 0.1) is 0 Å². The van der Waals surface area contributed by atoms with Gasteiger partial charge < -0.3 is 14.6 Å². The van der Waals surface area contributed by atoms with Crippen molar-refractivity contribution in [3.05, 3.63) is 59.9 Å².